The number of rotatable bonds is 4. The second-order valence-corrected chi connectivity index (χ2v) is 2.77. The lowest BCUT2D eigenvalue weighted by atomic mass is 10.3. The molecule has 0 spiro atoms. The Balaban J connectivity index is 3.11. The van der Waals surface area contributed by atoms with Crippen molar-refractivity contribution in [3.05, 3.63) is 18.2 Å². The standard InChI is InChI=1S/C8H13N5O/c1-3-4-11-8-5(7(10)14)6(9)12-13(8)2/h3,11H,1,4H2,2H3,(H2,9,12)(H2,10,14). The van der Waals surface area contributed by atoms with Gasteiger partial charge in [-0.05, 0) is 0 Å². The molecule has 6 heteroatoms. The van der Waals surface area contributed by atoms with Crippen molar-refractivity contribution in [3.8, 4) is 0 Å². The minimum atomic E-state index is -0.595. The Morgan fingerprint density at radius 1 is 1.79 bits per heavy atom. The molecule has 6 nitrogen and oxygen atoms in total. The maximum atomic E-state index is 11.0. The van der Waals surface area contributed by atoms with E-state index < -0.39 is 5.91 Å². The molecule has 1 amide bonds. The number of aromatic nitrogens is 2. The smallest absolute Gasteiger partial charge is 0.256 e. The molecule has 1 heterocycles. The van der Waals surface area contributed by atoms with Crippen LogP contribution in [0.25, 0.3) is 0 Å². The van der Waals surface area contributed by atoms with Crippen LogP contribution >= 0.6 is 0 Å². The third kappa shape index (κ3) is 1.68. The van der Waals surface area contributed by atoms with Gasteiger partial charge in [-0.2, -0.15) is 5.10 Å². The van der Waals surface area contributed by atoms with E-state index in [-0.39, 0.29) is 11.4 Å². The van der Waals surface area contributed by atoms with Gasteiger partial charge in [-0.25, -0.2) is 0 Å². The molecule has 1 aromatic heterocycles. The Morgan fingerprint density at radius 3 is 2.93 bits per heavy atom. The van der Waals surface area contributed by atoms with Crippen LogP contribution in [0.4, 0.5) is 11.6 Å². The van der Waals surface area contributed by atoms with Crippen molar-refractivity contribution < 1.29 is 4.79 Å². The molecule has 14 heavy (non-hydrogen) atoms. The van der Waals surface area contributed by atoms with Gasteiger partial charge in [-0.15, -0.1) is 6.58 Å². The van der Waals surface area contributed by atoms with Gasteiger partial charge in [0, 0.05) is 13.6 Å². The van der Waals surface area contributed by atoms with Crippen molar-refractivity contribution in [3.63, 3.8) is 0 Å². The van der Waals surface area contributed by atoms with Gasteiger partial charge in [0.05, 0.1) is 0 Å². The molecule has 1 aromatic rings. The van der Waals surface area contributed by atoms with E-state index in [9.17, 15) is 4.79 Å². The average molecular weight is 195 g/mol. The fourth-order valence-electron chi connectivity index (χ4n) is 1.16. The number of primary amides is 1. The van der Waals surface area contributed by atoms with Crippen LogP contribution in [0.15, 0.2) is 12.7 Å². The van der Waals surface area contributed by atoms with Gasteiger partial charge in [0.15, 0.2) is 5.82 Å². The number of anilines is 2. The highest BCUT2D eigenvalue weighted by atomic mass is 16.1. The SMILES string of the molecule is C=CCNc1c(C(N)=O)c(N)nn1C. The first-order valence-electron chi connectivity index (χ1n) is 4.05. The van der Waals surface area contributed by atoms with Crippen LogP contribution < -0.4 is 16.8 Å². The molecule has 0 saturated carbocycles. The number of aryl methyl sites for hydroxylation is 1. The summed E-state index contributed by atoms with van der Waals surface area (Å²) < 4.78 is 1.47. The highest BCUT2D eigenvalue weighted by Crippen LogP contribution is 2.19. The maximum absolute atomic E-state index is 11.0. The van der Waals surface area contributed by atoms with Crippen molar-refractivity contribution in [1.29, 1.82) is 0 Å². The van der Waals surface area contributed by atoms with Gasteiger partial charge in [-0.1, -0.05) is 6.08 Å². The van der Waals surface area contributed by atoms with Crippen molar-refractivity contribution >= 4 is 17.5 Å². The topological polar surface area (TPSA) is 99.0 Å². The Morgan fingerprint density at radius 2 is 2.43 bits per heavy atom. The molecule has 0 aromatic carbocycles. The van der Waals surface area contributed by atoms with Crippen LogP contribution in [0.3, 0.4) is 0 Å². The summed E-state index contributed by atoms with van der Waals surface area (Å²) in [6.07, 6.45) is 1.66. The molecule has 5 N–H and O–H groups in total. The summed E-state index contributed by atoms with van der Waals surface area (Å²) in [5.74, 6) is 0.0450. The summed E-state index contributed by atoms with van der Waals surface area (Å²) in [7, 11) is 1.67. The lowest BCUT2D eigenvalue weighted by molar-refractivity contribution is 0.100. The lowest BCUT2D eigenvalue weighted by Crippen LogP contribution is -2.15. The summed E-state index contributed by atoms with van der Waals surface area (Å²) in [5, 5.41) is 6.82. The first-order chi connectivity index (χ1) is 6.57. The van der Waals surface area contributed by atoms with Crippen molar-refractivity contribution in [1.82, 2.24) is 9.78 Å². The summed E-state index contributed by atoms with van der Waals surface area (Å²) in [5.41, 5.74) is 10.9. The van der Waals surface area contributed by atoms with E-state index in [0.29, 0.717) is 12.4 Å². The number of nitrogens with two attached hydrogens (primary N) is 2. The molecular formula is C8H13N5O. The summed E-state index contributed by atoms with van der Waals surface area (Å²) in [6.45, 7) is 4.06. The van der Waals surface area contributed by atoms with E-state index in [1.165, 1.54) is 4.68 Å². The highest BCUT2D eigenvalue weighted by molar-refractivity contribution is 6.02. The van der Waals surface area contributed by atoms with Gasteiger partial charge >= 0.3 is 0 Å². The molecule has 0 fully saturated rings. The van der Waals surface area contributed by atoms with Gasteiger partial charge in [0.2, 0.25) is 0 Å². The quantitative estimate of drug-likeness (QED) is 0.574. The number of hydrogen-bond donors (Lipinski definition) is 3. The van der Waals surface area contributed by atoms with E-state index >= 15 is 0 Å². The lowest BCUT2D eigenvalue weighted by Gasteiger charge is -2.04. The Hall–Kier alpha value is -1.98. The van der Waals surface area contributed by atoms with Crippen LogP contribution in [0, 0.1) is 0 Å². The highest BCUT2D eigenvalue weighted by Gasteiger charge is 2.17. The third-order valence-corrected chi connectivity index (χ3v) is 1.73. The number of carbonyl (C=O) groups excluding carboxylic acids is 1. The fraction of sp³-hybridized carbons (Fsp3) is 0.250. The molecule has 76 valence electrons. The minimum Gasteiger partial charge on any atom is -0.381 e. The average Bonchev–Trinajstić information content (AvgIpc) is 2.37. The Kier molecular flexibility index (Phi) is 2.76. The van der Waals surface area contributed by atoms with Crippen LogP contribution in [0.5, 0.6) is 0 Å². The zero-order chi connectivity index (χ0) is 10.7. The van der Waals surface area contributed by atoms with E-state index in [0.717, 1.165) is 0 Å². The van der Waals surface area contributed by atoms with E-state index in [4.69, 9.17) is 11.5 Å². The van der Waals surface area contributed by atoms with E-state index in [1.807, 2.05) is 0 Å². The van der Waals surface area contributed by atoms with Crippen molar-refractivity contribution in [2.75, 3.05) is 17.6 Å². The van der Waals surface area contributed by atoms with Gasteiger partial charge in [-0.3, -0.25) is 9.48 Å². The third-order valence-electron chi connectivity index (χ3n) is 1.73. The normalized spacial score (nSPS) is 9.79. The van der Waals surface area contributed by atoms with E-state index in [1.54, 1.807) is 13.1 Å². The zero-order valence-corrected chi connectivity index (χ0v) is 7.95. The molecular weight excluding hydrogens is 182 g/mol. The number of amides is 1. The summed E-state index contributed by atoms with van der Waals surface area (Å²) in [4.78, 5) is 11.0. The minimum absolute atomic E-state index is 0.131. The maximum Gasteiger partial charge on any atom is 0.256 e. The predicted molar refractivity (Wildman–Crippen MR) is 54.8 cm³/mol. The van der Waals surface area contributed by atoms with Crippen LogP contribution in [-0.2, 0) is 7.05 Å². The van der Waals surface area contributed by atoms with Gasteiger partial charge < -0.3 is 16.8 Å². The van der Waals surface area contributed by atoms with Crippen molar-refractivity contribution in [2.24, 2.45) is 12.8 Å². The molecule has 0 saturated heterocycles. The second-order valence-electron chi connectivity index (χ2n) is 2.77. The monoisotopic (exact) mass is 195 g/mol. The number of carbonyl (C=O) groups is 1. The van der Waals surface area contributed by atoms with E-state index in [2.05, 4.69) is 17.0 Å². The molecule has 0 radical (unpaired) electrons. The summed E-state index contributed by atoms with van der Waals surface area (Å²) in [6, 6.07) is 0. The summed E-state index contributed by atoms with van der Waals surface area (Å²) >= 11 is 0. The molecule has 0 bridgehead atoms. The number of nitrogen functional groups attached to an aromatic ring is 1. The molecule has 1 rings (SSSR count). The predicted octanol–water partition coefficient (Wildman–Crippen LogP) is -0.301. The molecule has 0 aliphatic rings. The van der Waals surface area contributed by atoms with Gasteiger partial charge in [0.1, 0.15) is 11.4 Å². The van der Waals surface area contributed by atoms with Crippen LogP contribution in [0.1, 0.15) is 10.4 Å². The molecule has 0 atom stereocenters. The first kappa shape index (κ1) is 10.1. The van der Waals surface area contributed by atoms with Crippen molar-refractivity contribution in [2.45, 2.75) is 0 Å². The van der Waals surface area contributed by atoms with Crippen LogP contribution in [-0.4, -0.2) is 22.2 Å². The largest absolute Gasteiger partial charge is 0.381 e. The molecule has 0 aliphatic carbocycles. The Bertz CT molecular complexity index is 368. The molecule has 0 unspecified atom stereocenters. The number of nitrogens with zero attached hydrogens (tertiary/aromatic N) is 2. The number of nitrogens with one attached hydrogen (secondary N) is 1. The number of hydrogen-bond acceptors (Lipinski definition) is 4. The first-order valence-corrected chi connectivity index (χ1v) is 4.05. The molecule has 0 aliphatic heterocycles. The second kappa shape index (κ2) is 3.82. The van der Waals surface area contributed by atoms with Crippen LogP contribution in [0.2, 0.25) is 0 Å². The fourth-order valence-corrected chi connectivity index (χ4v) is 1.16. The van der Waals surface area contributed by atoms with Gasteiger partial charge in [0.25, 0.3) is 5.91 Å². The zero-order valence-electron chi connectivity index (χ0n) is 7.95. The Labute approximate surface area is 81.6 Å².